The van der Waals surface area contributed by atoms with Crippen molar-refractivity contribution in [3.63, 3.8) is 0 Å². The van der Waals surface area contributed by atoms with Gasteiger partial charge < -0.3 is 0 Å². The molecule has 0 atom stereocenters. The molecule has 1 aromatic carbocycles. The first-order valence-electron chi connectivity index (χ1n) is 7.51. The van der Waals surface area contributed by atoms with Gasteiger partial charge in [-0.15, -0.1) is 0 Å². The van der Waals surface area contributed by atoms with Gasteiger partial charge in [0, 0.05) is 0 Å². The number of likely N-dealkylation sites (tertiary alicyclic amines) is 1. The Labute approximate surface area is 128 Å². The van der Waals surface area contributed by atoms with Gasteiger partial charge in [0.2, 0.25) is 0 Å². The Hall–Kier alpha value is -1.05. The molecule has 0 saturated carbocycles. The van der Waals surface area contributed by atoms with Gasteiger partial charge in [-0.2, -0.15) is 0 Å². The molecule has 20 heavy (non-hydrogen) atoms. The predicted molar refractivity (Wildman–Crippen MR) is 85.3 cm³/mol. The molecule has 108 valence electrons. The van der Waals surface area contributed by atoms with E-state index in [-0.39, 0.29) is 20.9 Å². The third-order valence-corrected chi connectivity index (χ3v) is 5.53. The van der Waals surface area contributed by atoms with E-state index in [1.165, 1.54) is 4.46 Å². The second kappa shape index (κ2) is 8.28. The van der Waals surface area contributed by atoms with Crippen molar-refractivity contribution in [2.75, 3.05) is 13.1 Å². The van der Waals surface area contributed by atoms with E-state index >= 15 is 0 Å². The summed E-state index contributed by atoms with van der Waals surface area (Å²) in [6.45, 7) is 4.04. The van der Waals surface area contributed by atoms with Crippen LogP contribution in [0.25, 0.3) is 0 Å². The van der Waals surface area contributed by atoms with Gasteiger partial charge in [0.15, 0.2) is 0 Å². The summed E-state index contributed by atoms with van der Waals surface area (Å²) in [6.07, 6.45) is 5.51. The SMILES string of the molecule is CCCCN1CCCC/C(=C\[Se]c2ccccc2)C1=O. The number of unbranched alkanes of at least 4 members (excludes halogenated alkanes) is 1. The molecule has 1 saturated heterocycles. The van der Waals surface area contributed by atoms with E-state index in [0.717, 1.165) is 50.8 Å². The number of hydrogen-bond acceptors (Lipinski definition) is 1. The first kappa shape index (κ1) is 15.3. The maximum atomic E-state index is 12.5. The van der Waals surface area contributed by atoms with Crippen LogP contribution in [-0.2, 0) is 4.79 Å². The van der Waals surface area contributed by atoms with Gasteiger partial charge >= 0.3 is 128 Å². The van der Waals surface area contributed by atoms with Crippen LogP contribution in [-0.4, -0.2) is 38.9 Å². The molecule has 0 aliphatic carbocycles. The van der Waals surface area contributed by atoms with E-state index in [2.05, 4.69) is 41.1 Å². The van der Waals surface area contributed by atoms with E-state index < -0.39 is 0 Å². The minimum atomic E-state index is 0.271. The number of carbonyl (C=O) groups is 1. The standard InChI is InChI=1S/C17H23NOSe/c1-2-3-12-18-13-8-7-9-15(17(18)19)14-20-16-10-5-4-6-11-16/h4-6,10-11,14H,2-3,7-9,12-13H2,1H3/b15-14+. The Balaban J connectivity index is 2.02. The number of rotatable bonds is 5. The van der Waals surface area contributed by atoms with E-state index in [9.17, 15) is 4.79 Å². The Morgan fingerprint density at radius 1 is 1.25 bits per heavy atom. The van der Waals surface area contributed by atoms with Crippen molar-refractivity contribution in [1.82, 2.24) is 4.90 Å². The van der Waals surface area contributed by atoms with Gasteiger partial charge in [-0.25, -0.2) is 0 Å². The van der Waals surface area contributed by atoms with Gasteiger partial charge in [0.25, 0.3) is 0 Å². The predicted octanol–water partition coefficient (Wildman–Crippen LogP) is 2.71. The van der Waals surface area contributed by atoms with Gasteiger partial charge in [-0.05, 0) is 0 Å². The number of nitrogens with zero attached hydrogens (tertiary/aromatic N) is 1. The second-order valence-corrected chi connectivity index (χ2v) is 7.15. The molecule has 1 aromatic rings. The topological polar surface area (TPSA) is 20.3 Å². The van der Waals surface area contributed by atoms with Crippen molar-refractivity contribution in [2.45, 2.75) is 39.0 Å². The number of amides is 1. The summed E-state index contributed by atoms with van der Waals surface area (Å²) in [5.41, 5.74) is 1.04. The molecule has 0 N–H and O–H groups in total. The van der Waals surface area contributed by atoms with E-state index in [1.807, 2.05) is 6.07 Å². The van der Waals surface area contributed by atoms with Crippen LogP contribution in [0.1, 0.15) is 39.0 Å². The van der Waals surface area contributed by atoms with Crippen LogP contribution in [0.2, 0.25) is 0 Å². The third-order valence-electron chi connectivity index (χ3n) is 3.55. The summed E-state index contributed by atoms with van der Waals surface area (Å²) in [7, 11) is 0. The number of carbonyl (C=O) groups excluding carboxylic acids is 1. The zero-order valence-corrected chi connectivity index (χ0v) is 13.9. The molecule has 2 nitrogen and oxygen atoms in total. The molecule has 3 heteroatoms. The molecule has 0 aromatic heterocycles. The van der Waals surface area contributed by atoms with Crippen LogP contribution in [0.15, 0.2) is 40.9 Å². The monoisotopic (exact) mass is 337 g/mol. The Morgan fingerprint density at radius 3 is 2.80 bits per heavy atom. The summed E-state index contributed by atoms with van der Waals surface area (Å²) in [6, 6.07) is 10.5. The molecule has 1 aliphatic rings. The zero-order chi connectivity index (χ0) is 14.2. The van der Waals surface area contributed by atoms with Crippen molar-refractivity contribution < 1.29 is 4.79 Å². The second-order valence-electron chi connectivity index (χ2n) is 5.18. The van der Waals surface area contributed by atoms with Crippen molar-refractivity contribution in [1.29, 1.82) is 0 Å². The molecule has 1 heterocycles. The summed E-state index contributed by atoms with van der Waals surface area (Å²) < 4.78 is 1.34. The van der Waals surface area contributed by atoms with Crippen molar-refractivity contribution in [2.24, 2.45) is 0 Å². The Bertz CT molecular complexity index is 455. The summed E-state index contributed by atoms with van der Waals surface area (Å²) >= 11 is 0.271. The van der Waals surface area contributed by atoms with Gasteiger partial charge in [-0.3, -0.25) is 0 Å². The fourth-order valence-corrected chi connectivity index (χ4v) is 4.04. The van der Waals surface area contributed by atoms with Crippen LogP contribution in [0.3, 0.4) is 0 Å². The number of benzene rings is 1. The average molecular weight is 336 g/mol. The normalized spacial score (nSPS) is 18.4. The molecule has 0 unspecified atom stereocenters. The average Bonchev–Trinajstić information content (AvgIpc) is 2.66. The molecule has 0 radical (unpaired) electrons. The van der Waals surface area contributed by atoms with Crippen LogP contribution < -0.4 is 4.46 Å². The fourth-order valence-electron chi connectivity index (χ4n) is 2.34. The molecule has 1 fully saturated rings. The summed E-state index contributed by atoms with van der Waals surface area (Å²) in [5, 5.41) is 0. The molecule has 0 bridgehead atoms. The van der Waals surface area contributed by atoms with Crippen LogP contribution in [0.4, 0.5) is 0 Å². The van der Waals surface area contributed by atoms with Crippen molar-refractivity contribution in [3.8, 4) is 0 Å². The molecule has 0 spiro atoms. The van der Waals surface area contributed by atoms with E-state index in [1.54, 1.807) is 0 Å². The first-order valence-corrected chi connectivity index (χ1v) is 9.36. The Kier molecular flexibility index (Phi) is 6.35. The molecular formula is C17H23NOSe. The molecule has 1 aliphatic heterocycles. The molecular weight excluding hydrogens is 313 g/mol. The van der Waals surface area contributed by atoms with Gasteiger partial charge in [0.1, 0.15) is 0 Å². The van der Waals surface area contributed by atoms with Gasteiger partial charge in [0.05, 0.1) is 0 Å². The van der Waals surface area contributed by atoms with Crippen LogP contribution >= 0.6 is 0 Å². The molecule has 2 rings (SSSR count). The van der Waals surface area contributed by atoms with Gasteiger partial charge in [-0.1, -0.05) is 0 Å². The summed E-state index contributed by atoms with van der Waals surface area (Å²) in [4.78, 5) is 16.8. The zero-order valence-electron chi connectivity index (χ0n) is 12.2. The van der Waals surface area contributed by atoms with Crippen molar-refractivity contribution >= 4 is 25.3 Å². The van der Waals surface area contributed by atoms with Crippen LogP contribution in [0, 0.1) is 0 Å². The quantitative estimate of drug-likeness (QED) is 0.598. The van der Waals surface area contributed by atoms with Crippen LogP contribution in [0.5, 0.6) is 0 Å². The third kappa shape index (κ3) is 4.50. The van der Waals surface area contributed by atoms with Crippen molar-refractivity contribution in [3.05, 3.63) is 40.9 Å². The van der Waals surface area contributed by atoms with E-state index in [0.29, 0.717) is 0 Å². The van der Waals surface area contributed by atoms with E-state index in [4.69, 9.17) is 0 Å². The summed E-state index contributed by atoms with van der Waals surface area (Å²) in [5.74, 6) is 0.286. The minimum absolute atomic E-state index is 0.271. The Morgan fingerprint density at radius 2 is 2.05 bits per heavy atom. The maximum absolute atomic E-state index is 12.5. The fraction of sp³-hybridized carbons (Fsp3) is 0.471. The first-order chi connectivity index (χ1) is 9.81. The number of hydrogen-bond donors (Lipinski definition) is 0. The molecule has 1 amide bonds.